The van der Waals surface area contributed by atoms with Gasteiger partial charge in [0.25, 0.3) is 0 Å². The van der Waals surface area contributed by atoms with Crippen molar-refractivity contribution in [3.63, 3.8) is 0 Å². The number of ether oxygens (including phenoxy) is 3. The number of halogens is 1. The van der Waals surface area contributed by atoms with Crippen molar-refractivity contribution in [1.29, 1.82) is 0 Å². The van der Waals surface area contributed by atoms with Crippen LogP contribution in [0.4, 0.5) is 5.69 Å². The average molecular weight is 387 g/mol. The highest BCUT2D eigenvalue weighted by Crippen LogP contribution is 2.38. The standard InChI is InChI=1S/C20H19ClN2O4/c1-25-18-9-13(12-24)10-19(20(18)26-2)27-8-7-23-16-5-6-22-17-11-14(21)3-4-15(16)17/h3-6,9-12H,7-8H2,1-2H3,(H,22,23). The van der Waals surface area contributed by atoms with Crippen LogP contribution in [0, 0.1) is 0 Å². The van der Waals surface area contributed by atoms with Gasteiger partial charge in [-0.3, -0.25) is 9.78 Å². The van der Waals surface area contributed by atoms with Crippen LogP contribution in [0.2, 0.25) is 5.02 Å². The molecule has 1 heterocycles. The van der Waals surface area contributed by atoms with Gasteiger partial charge in [0.1, 0.15) is 12.9 Å². The summed E-state index contributed by atoms with van der Waals surface area (Å²) in [6, 6.07) is 10.7. The predicted octanol–water partition coefficient (Wildman–Crippen LogP) is 4.21. The topological polar surface area (TPSA) is 69.7 Å². The van der Waals surface area contributed by atoms with Crippen molar-refractivity contribution < 1.29 is 19.0 Å². The summed E-state index contributed by atoms with van der Waals surface area (Å²) in [6.45, 7) is 0.901. The first-order chi connectivity index (χ1) is 13.2. The molecule has 0 radical (unpaired) electrons. The van der Waals surface area contributed by atoms with Gasteiger partial charge < -0.3 is 19.5 Å². The molecule has 1 N–H and O–H groups in total. The fraction of sp³-hybridized carbons (Fsp3) is 0.200. The number of pyridine rings is 1. The highest BCUT2D eigenvalue weighted by atomic mass is 35.5. The van der Waals surface area contributed by atoms with Crippen molar-refractivity contribution in [2.45, 2.75) is 0 Å². The monoisotopic (exact) mass is 386 g/mol. The summed E-state index contributed by atoms with van der Waals surface area (Å²) in [6.07, 6.45) is 2.46. The normalized spacial score (nSPS) is 10.5. The van der Waals surface area contributed by atoms with Crippen LogP contribution >= 0.6 is 11.6 Å². The first-order valence-electron chi connectivity index (χ1n) is 8.28. The number of methoxy groups -OCH3 is 2. The number of fused-ring (bicyclic) bond motifs is 1. The maximum atomic E-state index is 11.1. The molecule has 3 aromatic rings. The molecule has 0 unspecified atom stereocenters. The average Bonchev–Trinajstić information content (AvgIpc) is 2.70. The largest absolute Gasteiger partial charge is 0.493 e. The van der Waals surface area contributed by atoms with Crippen LogP contribution in [-0.4, -0.2) is 38.6 Å². The Morgan fingerprint density at radius 3 is 2.67 bits per heavy atom. The van der Waals surface area contributed by atoms with E-state index >= 15 is 0 Å². The molecule has 0 atom stereocenters. The van der Waals surface area contributed by atoms with Crippen LogP contribution in [0.1, 0.15) is 10.4 Å². The number of benzene rings is 2. The zero-order valence-corrected chi connectivity index (χ0v) is 15.7. The third kappa shape index (κ3) is 4.23. The lowest BCUT2D eigenvalue weighted by molar-refractivity contribution is 0.112. The number of nitrogens with zero attached hydrogens (tertiary/aromatic N) is 1. The fourth-order valence-electron chi connectivity index (χ4n) is 2.75. The molecule has 27 heavy (non-hydrogen) atoms. The third-order valence-electron chi connectivity index (χ3n) is 3.98. The van der Waals surface area contributed by atoms with E-state index in [1.165, 1.54) is 14.2 Å². The van der Waals surface area contributed by atoms with Gasteiger partial charge in [-0.2, -0.15) is 0 Å². The lowest BCUT2D eigenvalue weighted by Gasteiger charge is -2.15. The van der Waals surface area contributed by atoms with Crippen molar-refractivity contribution in [3.05, 3.63) is 53.2 Å². The van der Waals surface area contributed by atoms with Gasteiger partial charge in [-0.25, -0.2) is 0 Å². The summed E-state index contributed by atoms with van der Waals surface area (Å²) in [5.41, 5.74) is 2.21. The maximum Gasteiger partial charge on any atom is 0.203 e. The van der Waals surface area contributed by atoms with E-state index in [2.05, 4.69) is 10.3 Å². The van der Waals surface area contributed by atoms with E-state index in [0.29, 0.717) is 41.0 Å². The molecule has 0 bridgehead atoms. The van der Waals surface area contributed by atoms with Gasteiger partial charge in [0, 0.05) is 34.4 Å². The quantitative estimate of drug-likeness (QED) is 0.462. The second-order valence-corrected chi connectivity index (χ2v) is 6.10. The molecule has 6 nitrogen and oxygen atoms in total. The summed E-state index contributed by atoms with van der Waals surface area (Å²) in [5.74, 6) is 1.35. The van der Waals surface area contributed by atoms with Crippen LogP contribution in [0.5, 0.6) is 17.2 Å². The lowest BCUT2D eigenvalue weighted by atomic mass is 10.2. The van der Waals surface area contributed by atoms with Gasteiger partial charge in [0.05, 0.1) is 19.7 Å². The highest BCUT2D eigenvalue weighted by molar-refractivity contribution is 6.31. The molecule has 0 saturated heterocycles. The maximum absolute atomic E-state index is 11.1. The molecule has 7 heteroatoms. The van der Waals surface area contributed by atoms with Crippen LogP contribution in [0.15, 0.2) is 42.6 Å². The number of carbonyl (C=O) groups is 1. The van der Waals surface area contributed by atoms with Crippen LogP contribution < -0.4 is 19.5 Å². The molecule has 3 rings (SSSR count). The molecule has 0 aliphatic heterocycles. The number of rotatable bonds is 8. The third-order valence-corrected chi connectivity index (χ3v) is 4.22. The van der Waals surface area contributed by atoms with Crippen molar-refractivity contribution in [2.24, 2.45) is 0 Å². The minimum Gasteiger partial charge on any atom is -0.493 e. The van der Waals surface area contributed by atoms with E-state index in [0.717, 1.165) is 22.9 Å². The van der Waals surface area contributed by atoms with Gasteiger partial charge in [0.15, 0.2) is 11.5 Å². The fourth-order valence-corrected chi connectivity index (χ4v) is 2.91. The number of anilines is 1. The molecule has 0 aliphatic carbocycles. The van der Waals surface area contributed by atoms with Crippen LogP contribution in [0.3, 0.4) is 0 Å². The second kappa shape index (κ2) is 8.60. The number of nitrogens with one attached hydrogen (secondary N) is 1. The smallest absolute Gasteiger partial charge is 0.203 e. The van der Waals surface area contributed by atoms with Crippen molar-refractivity contribution >= 4 is 34.5 Å². The van der Waals surface area contributed by atoms with Crippen molar-refractivity contribution in [3.8, 4) is 17.2 Å². The summed E-state index contributed by atoms with van der Waals surface area (Å²) in [4.78, 5) is 15.4. The van der Waals surface area contributed by atoms with Gasteiger partial charge >= 0.3 is 0 Å². The Morgan fingerprint density at radius 1 is 1.11 bits per heavy atom. The van der Waals surface area contributed by atoms with Gasteiger partial charge in [-0.1, -0.05) is 11.6 Å². The SMILES string of the molecule is COc1cc(C=O)cc(OCCNc2ccnc3cc(Cl)ccc23)c1OC. The Bertz CT molecular complexity index is 962. The van der Waals surface area contributed by atoms with E-state index in [1.54, 1.807) is 18.3 Å². The van der Waals surface area contributed by atoms with E-state index in [1.807, 2.05) is 24.3 Å². The number of carbonyl (C=O) groups excluding carboxylic acids is 1. The first kappa shape index (κ1) is 18.8. The predicted molar refractivity (Wildman–Crippen MR) is 106 cm³/mol. The van der Waals surface area contributed by atoms with E-state index in [-0.39, 0.29) is 0 Å². The Labute approximate surface area is 162 Å². The number of hydrogen-bond donors (Lipinski definition) is 1. The molecule has 140 valence electrons. The van der Waals surface area contributed by atoms with Crippen molar-refractivity contribution in [1.82, 2.24) is 4.98 Å². The summed E-state index contributed by atoms with van der Waals surface area (Å²) >= 11 is 6.02. The zero-order valence-electron chi connectivity index (χ0n) is 15.0. The minimum absolute atomic E-state index is 0.360. The summed E-state index contributed by atoms with van der Waals surface area (Å²) < 4.78 is 16.4. The summed E-state index contributed by atoms with van der Waals surface area (Å²) in [7, 11) is 3.04. The van der Waals surface area contributed by atoms with Gasteiger partial charge in [-0.05, 0) is 36.4 Å². The van der Waals surface area contributed by atoms with Crippen LogP contribution in [-0.2, 0) is 0 Å². The molecular weight excluding hydrogens is 368 g/mol. The Morgan fingerprint density at radius 2 is 1.93 bits per heavy atom. The van der Waals surface area contributed by atoms with Crippen LogP contribution in [0.25, 0.3) is 10.9 Å². The molecule has 2 aromatic carbocycles. The Balaban J connectivity index is 1.70. The minimum atomic E-state index is 0.360. The second-order valence-electron chi connectivity index (χ2n) is 5.67. The molecule has 0 aliphatic rings. The Hall–Kier alpha value is -2.99. The first-order valence-corrected chi connectivity index (χ1v) is 8.66. The number of hydrogen-bond acceptors (Lipinski definition) is 6. The summed E-state index contributed by atoms with van der Waals surface area (Å²) in [5, 5.41) is 4.94. The number of aldehydes is 1. The van der Waals surface area contributed by atoms with Gasteiger partial charge in [0.2, 0.25) is 5.75 Å². The van der Waals surface area contributed by atoms with Crippen molar-refractivity contribution in [2.75, 3.05) is 32.7 Å². The Kier molecular flexibility index (Phi) is 5.98. The molecular formula is C20H19ClN2O4. The molecule has 0 spiro atoms. The number of aromatic nitrogens is 1. The highest BCUT2D eigenvalue weighted by Gasteiger charge is 2.13. The van der Waals surface area contributed by atoms with Gasteiger partial charge in [-0.15, -0.1) is 0 Å². The van der Waals surface area contributed by atoms with E-state index in [9.17, 15) is 4.79 Å². The van der Waals surface area contributed by atoms with E-state index < -0.39 is 0 Å². The molecule has 1 aromatic heterocycles. The van der Waals surface area contributed by atoms with E-state index in [4.69, 9.17) is 25.8 Å². The molecule has 0 saturated carbocycles. The lowest BCUT2D eigenvalue weighted by Crippen LogP contribution is -2.12. The molecule has 0 fully saturated rings. The zero-order chi connectivity index (χ0) is 19.2. The molecule has 0 amide bonds.